The normalized spacial score (nSPS) is 15.9. The SMILES string of the molecule is Cc1nc(NCCCC2CC2)sc1C. The molecule has 0 radical (unpaired) electrons. The lowest BCUT2D eigenvalue weighted by atomic mass is 10.2. The zero-order valence-electron chi connectivity index (χ0n) is 8.97. The topological polar surface area (TPSA) is 24.9 Å². The van der Waals surface area contributed by atoms with Crippen LogP contribution in [0.15, 0.2) is 0 Å². The summed E-state index contributed by atoms with van der Waals surface area (Å²) >= 11 is 1.77. The average Bonchev–Trinajstić information content (AvgIpc) is 2.90. The largest absolute Gasteiger partial charge is 0.362 e. The van der Waals surface area contributed by atoms with Gasteiger partial charge in [-0.1, -0.05) is 12.8 Å². The fourth-order valence-corrected chi connectivity index (χ4v) is 2.38. The fourth-order valence-electron chi connectivity index (χ4n) is 1.54. The molecule has 3 heteroatoms. The number of rotatable bonds is 5. The molecule has 0 aromatic carbocycles. The summed E-state index contributed by atoms with van der Waals surface area (Å²) < 4.78 is 0. The lowest BCUT2D eigenvalue weighted by molar-refractivity contribution is 0.687. The molecule has 1 aromatic rings. The third kappa shape index (κ3) is 2.71. The van der Waals surface area contributed by atoms with Crippen molar-refractivity contribution < 1.29 is 0 Å². The second-order valence-corrected chi connectivity index (χ2v) is 5.38. The van der Waals surface area contributed by atoms with Crippen molar-refractivity contribution in [3.05, 3.63) is 10.6 Å². The molecule has 0 atom stereocenters. The molecule has 1 aliphatic rings. The summed E-state index contributed by atoms with van der Waals surface area (Å²) in [6, 6.07) is 0. The van der Waals surface area contributed by atoms with Crippen molar-refractivity contribution in [2.75, 3.05) is 11.9 Å². The maximum Gasteiger partial charge on any atom is 0.183 e. The van der Waals surface area contributed by atoms with Crippen LogP contribution in [0.2, 0.25) is 0 Å². The molecule has 78 valence electrons. The molecule has 14 heavy (non-hydrogen) atoms. The monoisotopic (exact) mass is 210 g/mol. The Labute approximate surface area is 89.8 Å². The number of aromatic nitrogens is 1. The number of aryl methyl sites for hydroxylation is 2. The summed E-state index contributed by atoms with van der Waals surface area (Å²) in [6.07, 6.45) is 5.63. The van der Waals surface area contributed by atoms with Crippen LogP contribution in [-0.2, 0) is 0 Å². The minimum atomic E-state index is 1.05. The van der Waals surface area contributed by atoms with Crippen molar-refractivity contribution in [1.82, 2.24) is 4.98 Å². The van der Waals surface area contributed by atoms with Gasteiger partial charge in [0.1, 0.15) is 0 Å². The molecular weight excluding hydrogens is 192 g/mol. The predicted molar refractivity (Wildman–Crippen MR) is 62.0 cm³/mol. The van der Waals surface area contributed by atoms with Gasteiger partial charge in [-0.3, -0.25) is 0 Å². The van der Waals surface area contributed by atoms with Crippen LogP contribution in [0.3, 0.4) is 0 Å². The summed E-state index contributed by atoms with van der Waals surface area (Å²) in [5.41, 5.74) is 1.17. The van der Waals surface area contributed by atoms with Crippen LogP contribution in [0.25, 0.3) is 0 Å². The first-order valence-electron chi connectivity index (χ1n) is 5.43. The first kappa shape index (κ1) is 9.97. The molecule has 1 N–H and O–H groups in total. The first-order chi connectivity index (χ1) is 6.75. The standard InChI is InChI=1S/C11H18N2S/c1-8-9(2)14-11(13-8)12-7-3-4-10-5-6-10/h10H,3-7H2,1-2H3,(H,12,13). The third-order valence-electron chi connectivity index (χ3n) is 2.79. The Morgan fingerprint density at radius 3 is 2.79 bits per heavy atom. The van der Waals surface area contributed by atoms with Gasteiger partial charge in [-0.15, -0.1) is 11.3 Å². The summed E-state index contributed by atoms with van der Waals surface area (Å²) in [5, 5.41) is 4.49. The second-order valence-electron chi connectivity index (χ2n) is 4.17. The number of thiazole rings is 1. The Bertz CT molecular complexity index is 283. The molecule has 0 spiro atoms. The van der Waals surface area contributed by atoms with Crippen molar-refractivity contribution in [3.63, 3.8) is 0 Å². The summed E-state index contributed by atoms with van der Waals surface area (Å²) in [4.78, 5) is 5.78. The molecule has 0 bridgehead atoms. The lowest BCUT2D eigenvalue weighted by Gasteiger charge is -2.00. The third-order valence-corrected chi connectivity index (χ3v) is 3.82. The van der Waals surface area contributed by atoms with Gasteiger partial charge >= 0.3 is 0 Å². The van der Waals surface area contributed by atoms with E-state index in [4.69, 9.17) is 0 Å². The second kappa shape index (κ2) is 4.30. The Morgan fingerprint density at radius 2 is 2.21 bits per heavy atom. The van der Waals surface area contributed by atoms with E-state index in [0.29, 0.717) is 0 Å². The predicted octanol–water partition coefficient (Wildman–Crippen LogP) is 3.36. The Balaban J connectivity index is 1.68. The molecule has 0 saturated heterocycles. The lowest BCUT2D eigenvalue weighted by Crippen LogP contribution is -2.01. The van der Waals surface area contributed by atoms with Crippen molar-refractivity contribution in [1.29, 1.82) is 0 Å². The van der Waals surface area contributed by atoms with Gasteiger partial charge in [0, 0.05) is 11.4 Å². The van der Waals surface area contributed by atoms with E-state index >= 15 is 0 Å². The summed E-state index contributed by atoms with van der Waals surface area (Å²) in [5.74, 6) is 1.05. The van der Waals surface area contributed by atoms with E-state index in [1.807, 2.05) is 0 Å². The minimum absolute atomic E-state index is 1.05. The van der Waals surface area contributed by atoms with Crippen LogP contribution in [-0.4, -0.2) is 11.5 Å². The van der Waals surface area contributed by atoms with Crippen molar-refractivity contribution in [2.24, 2.45) is 5.92 Å². The highest BCUT2D eigenvalue weighted by Gasteiger charge is 2.19. The smallest absolute Gasteiger partial charge is 0.183 e. The highest BCUT2D eigenvalue weighted by Crippen LogP contribution is 2.33. The van der Waals surface area contributed by atoms with Crippen molar-refractivity contribution >= 4 is 16.5 Å². The molecule has 1 fully saturated rings. The Kier molecular flexibility index (Phi) is 3.06. The molecule has 2 nitrogen and oxygen atoms in total. The van der Waals surface area contributed by atoms with Gasteiger partial charge in [-0.2, -0.15) is 0 Å². The molecule has 0 aliphatic heterocycles. The van der Waals surface area contributed by atoms with Crippen molar-refractivity contribution in [2.45, 2.75) is 39.5 Å². The van der Waals surface area contributed by atoms with Gasteiger partial charge in [0.25, 0.3) is 0 Å². The molecule has 0 unspecified atom stereocenters. The van der Waals surface area contributed by atoms with Gasteiger partial charge in [0.05, 0.1) is 5.69 Å². The van der Waals surface area contributed by atoms with Gasteiger partial charge in [-0.05, 0) is 32.6 Å². The number of nitrogens with zero attached hydrogens (tertiary/aromatic N) is 1. The van der Waals surface area contributed by atoms with E-state index in [9.17, 15) is 0 Å². The average molecular weight is 210 g/mol. The van der Waals surface area contributed by atoms with Crippen molar-refractivity contribution in [3.8, 4) is 0 Å². The first-order valence-corrected chi connectivity index (χ1v) is 6.25. The number of anilines is 1. The fraction of sp³-hybridized carbons (Fsp3) is 0.727. The van der Waals surface area contributed by atoms with E-state index < -0.39 is 0 Å². The van der Waals surface area contributed by atoms with Gasteiger partial charge in [-0.25, -0.2) is 4.98 Å². The van der Waals surface area contributed by atoms with Gasteiger partial charge in [0.2, 0.25) is 0 Å². The minimum Gasteiger partial charge on any atom is -0.362 e. The summed E-state index contributed by atoms with van der Waals surface area (Å²) in [6.45, 7) is 5.28. The van der Waals surface area contributed by atoms with E-state index in [1.54, 1.807) is 11.3 Å². The van der Waals surface area contributed by atoms with Crippen LogP contribution in [0.5, 0.6) is 0 Å². The van der Waals surface area contributed by atoms with E-state index in [2.05, 4.69) is 24.1 Å². The van der Waals surface area contributed by atoms with E-state index in [0.717, 1.165) is 17.6 Å². The molecule has 1 saturated carbocycles. The molecule has 2 rings (SSSR count). The van der Waals surface area contributed by atoms with Gasteiger partial charge < -0.3 is 5.32 Å². The van der Waals surface area contributed by atoms with Crippen LogP contribution in [0, 0.1) is 19.8 Å². The van der Waals surface area contributed by atoms with Crippen LogP contribution in [0.1, 0.15) is 36.3 Å². The molecular formula is C11H18N2S. The zero-order chi connectivity index (χ0) is 9.97. The van der Waals surface area contributed by atoms with Crippen LogP contribution >= 0.6 is 11.3 Å². The van der Waals surface area contributed by atoms with E-state index in [1.165, 1.54) is 36.3 Å². The zero-order valence-corrected chi connectivity index (χ0v) is 9.78. The Hall–Kier alpha value is -0.570. The molecule has 1 aliphatic carbocycles. The van der Waals surface area contributed by atoms with Gasteiger partial charge in [0.15, 0.2) is 5.13 Å². The number of nitrogens with one attached hydrogen (secondary N) is 1. The molecule has 0 amide bonds. The quantitative estimate of drug-likeness (QED) is 0.754. The molecule has 1 aromatic heterocycles. The van der Waals surface area contributed by atoms with Crippen LogP contribution in [0.4, 0.5) is 5.13 Å². The summed E-state index contributed by atoms with van der Waals surface area (Å²) in [7, 11) is 0. The maximum absolute atomic E-state index is 4.45. The van der Waals surface area contributed by atoms with Crippen LogP contribution < -0.4 is 5.32 Å². The number of hydrogen-bond donors (Lipinski definition) is 1. The highest BCUT2D eigenvalue weighted by atomic mass is 32.1. The van der Waals surface area contributed by atoms with E-state index in [-0.39, 0.29) is 0 Å². The number of hydrogen-bond acceptors (Lipinski definition) is 3. The highest BCUT2D eigenvalue weighted by molar-refractivity contribution is 7.15. The maximum atomic E-state index is 4.45. The molecule has 1 heterocycles. The Morgan fingerprint density at radius 1 is 1.43 bits per heavy atom.